The zero-order valence-corrected chi connectivity index (χ0v) is 21.4. The number of carbonyl (C=O) groups excluding carboxylic acids is 2. The second kappa shape index (κ2) is 14.8. The molecule has 8 nitrogen and oxygen atoms in total. The van der Waals surface area contributed by atoms with E-state index in [9.17, 15) is 9.59 Å². The Morgan fingerprint density at radius 2 is 1.68 bits per heavy atom. The summed E-state index contributed by atoms with van der Waals surface area (Å²) in [6.45, 7) is 1.97. The van der Waals surface area contributed by atoms with Gasteiger partial charge in [-0.15, -0.1) is 0 Å². The first-order chi connectivity index (χ1) is 18.0. The van der Waals surface area contributed by atoms with Crippen molar-refractivity contribution in [2.45, 2.75) is 25.6 Å². The van der Waals surface area contributed by atoms with Gasteiger partial charge in [-0.05, 0) is 48.9 Å². The van der Waals surface area contributed by atoms with Crippen LogP contribution in [0.2, 0.25) is 0 Å². The second-order valence-corrected chi connectivity index (χ2v) is 8.41. The predicted molar refractivity (Wildman–Crippen MR) is 143 cm³/mol. The van der Waals surface area contributed by atoms with Gasteiger partial charge in [-0.3, -0.25) is 10.1 Å². The molecule has 0 aliphatic heterocycles. The van der Waals surface area contributed by atoms with Crippen molar-refractivity contribution in [3.63, 3.8) is 0 Å². The molecule has 0 saturated carbocycles. The van der Waals surface area contributed by atoms with Gasteiger partial charge >= 0.3 is 12.1 Å². The highest BCUT2D eigenvalue weighted by atomic mass is 32.1. The number of hydrogen-bond acceptors (Lipinski definition) is 8. The lowest BCUT2D eigenvalue weighted by Gasteiger charge is -2.28. The number of aliphatic hydroxyl groups is 1. The number of ether oxygens (including phenoxy) is 4. The Morgan fingerprint density at radius 1 is 0.946 bits per heavy atom. The number of aliphatic hydroxyl groups excluding tert-OH is 1. The summed E-state index contributed by atoms with van der Waals surface area (Å²) in [5.41, 5.74) is 2.25. The number of benzene rings is 3. The van der Waals surface area contributed by atoms with Crippen LogP contribution in [0.15, 0.2) is 78.9 Å². The van der Waals surface area contributed by atoms with E-state index in [2.05, 4.69) is 17.9 Å². The predicted octanol–water partition coefficient (Wildman–Crippen LogP) is 4.97. The lowest BCUT2D eigenvalue weighted by atomic mass is 10.0. The van der Waals surface area contributed by atoms with Crippen LogP contribution in [-0.2, 0) is 14.3 Å². The van der Waals surface area contributed by atoms with Gasteiger partial charge in [-0.2, -0.15) is 12.6 Å². The summed E-state index contributed by atoms with van der Waals surface area (Å²) in [5.74, 6) is 0.552. The van der Waals surface area contributed by atoms with Crippen molar-refractivity contribution in [3.05, 3.63) is 90.0 Å². The van der Waals surface area contributed by atoms with Crippen LogP contribution in [-0.4, -0.2) is 48.8 Å². The maximum absolute atomic E-state index is 13.0. The molecule has 3 aromatic rings. The van der Waals surface area contributed by atoms with Crippen molar-refractivity contribution in [2.24, 2.45) is 0 Å². The number of rotatable bonds is 13. The minimum absolute atomic E-state index is 0.0387. The summed E-state index contributed by atoms with van der Waals surface area (Å²) in [5, 5.41) is 11.9. The number of carbonyl (C=O) groups is 2. The fourth-order valence-corrected chi connectivity index (χ4v) is 3.57. The summed E-state index contributed by atoms with van der Waals surface area (Å²) in [7, 11) is 0. The van der Waals surface area contributed by atoms with Gasteiger partial charge in [-0.1, -0.05) is 48.0 Å². The molecule has 9 heteroatoms. The van der Waals surface area contributed by atoms with Gasteiger partial charge in [-0.25, -0.2) is 4.79 Å². The van der Waals surface area contributed by atoms with E-state index in [1.165, 1.54) is 0 Å². The highest BCUT2D eigenvalue weighted by Crippen LogP contribution is 2.30. The van der Waals surface area contributed by atoms with E-state index in [-0.39, 0.29) is 32.0 Å². The van der Waals surface area contributed by atoms with Gasteiger partial charge in [0.15, 0.2) is 6.10 Å². The Bertz CT molecular complexity index is 1120. The summed E-state index contributed by atoms with van der Waals surface area (Å²) < 4.78 is 22.9. The number of esters is 1. The Balaban J connectivity index is 1.89. The topological polar surface area (TPSA) is 103 Å². The quantitative estimate of drug-likeness (QED) is 0.214. The minimum atomic E-state index is -0.891. The van der Waals surface area contributed by atoms with Crippen LogP contribution in [0, 0.1) is 6.92 Å². The third-order valence-corrected chi connectivity index (χ3v) is 5.50. The zero-order valence-electron chi connectivity index (χ0n) is 20.5. The Morgan fingerprint density at radius 3 is 2.38 bits per heavy atom. The van der Waals surface area contributed by atoms with Crippen LogP contribution in [0.4, 0.5) is 10.5 Å². The van der Waals surface area contributed by atoms with E-state index in [4.69, 9.17) is 24.1 Å². The van der Waals surface area contributed by atoms with E-state index >= 15 is 0 Å². The van der Waals surface area contributed by atoms with E-state index in [0.29, 0.717) is 22.7 Å². The van der Waals surface area contributed by atoms with E-state index in [1.807, 2.05) is 37.3 Å². The lowest BCUT2D eigenvalue weighted by Crippen LogP contribution is -2.32. The van der Waals surface area contributed by atoms with Crippen LogP contribution < -0.4 is 14.8 Å². The van der Waals surface area contributed by atoms with E-state index in [1.54, 1.807) is 48.5 Å². The van der Waals surface area contributed by atoms with Crippen molar-refractivity contribution < 1.29 is 33.6 Å². The molecule has 2 atom stereocenters. The number of para-hydroxylation sites is 1. The first-order valence-electron chi connectivity index (χ1n) is 11.8. The molecule has 0 aliphatic carbocycles. The number of thiol groups is 1. The summed E-state index contributed by atoms with van der Waals surface area (Å²) in [6, 6.07) is 23.4. The number of aryl methyl sites for hydroxylation is 1. The molecule has 3 rings (SSSR count). The second-order valence-electron chi connectivity index (χ2n) is 8.10. The number of hydrogen-bond donors (Lipinski definition) is 3. The maximum Gasteiger partial charge on any atom is 0.412 e. The molecular formula is C28H31NO7S. The molecule has 0 aliphatic rings. The fraction of sp³-hybridized carbons (Fsp3) is 0.286. The Hall–Kier alpha value is -3.69. The molecule has 0 radical (unpaired) electrons. The molecule has 2 N–H and O–H groups in total. The van der Waals surface area contributed by atoms with E-state index < -0.39 is 24.3 Å². The molecule has 0 spiro atoms. The van der Waals surface area contributed by atoms with Gasteiger partial charge in [0.25, 0.3) is 0 Å². The zero-order chi connectivity index (χ0) is 26.5. The summed E-state index contributed by atoms with van der Waals surface area (Å²) >= 11 is 3.94. The highest BCUT2D eigenvalue weighted by Gasteiger charge is 2.30. The first-order valence-corrected chi connectivity index (χ1v) is 12.5. The molecule has 0 aromatic heterocycles. The summed E-state index contributed by atoms with van der Waals surface area (Å²) in [4.78, 5) is 24.6. The van der Waals surface area contributed by atoms with Crippen molar-refractivity contribution >= 4 is 30.4 Å². The number of amides is 1. The van der Waals surface area contributed by atoms with Gasteiger partial charge in [0.2, 0.25) is 0 Å². The minimum Gasteiger partial charge on any atom is -0.491 e. The highest BCUT2D eigenvalue weighted by molar-refractivity contribution is 7.81. The fourth-order valence-electron chi connectivity index (χ4n) is 3.48. The average molecular weight is 526 g/mol. The smallest absolute Gasteiger partial charge is 0.412 e. The lowest BCUT2D eigenvalue weighted by molar-refractivity contribution is -0.141. The molecule has 3 aromatic carbocycles. The van der Waals surface area contributed by atoms with Gasteiger partial charge < -0.3 is 24.1 Å². The van der Waals surface area contributed by atoms with Crippen LogP contribution in [0.25, 0.3) is 0 Å². The summed E-state index contributed by atoms with van der Waals surface area (Å²) in [6.07, 6.45) is -2.05. The Kier molecular flexibility index (Phi) is 11.1. The third kappa shape index (κ3) is 9.36. The van der Waals surface area contributed by atoms with Gasteiger partial charge in [0.05, 0.1) is 19.0 Å². The van der Waals surface area contributed by atoms with Crippen molar-refractivity contribution in [1.29, 1.82) is 0 Å². The van der Waals surface area contributed by atoms with Gasteiger partial charge in [0.1, 0.15) is 24.2 Å². The molecule has 0 unspecified atom stereocenters. The van der Waals surface area contributed by atoms with Crippen LogP contribution in [0.5, 0.6) is 11.5 Å². The Labute approximate surface area is 221 Å². The average Bonchev–Trinajstić information content (AvgIpc) is 2.92. The molecule has 0 bridgehead atoms. The molecule has 0 heterocycles. The standard InChI is InChI=1S/C28H31NO7S/c1-20-10-12-22(13-11-20)29-28(32)36-27(21-6-5-9-24(18-21)33-17-15-30)25(14-16-34-26(31)19-37)35-23-7-3-2-4-8-23/h2-13,18,25,27,30,37H,14-17,19H2,1H3,(H,29,32)/t25-,27-/m1/s1. The third-order valence-electron chi connectivity index (χ3n) is 5.24. The SMILES string of the molecule is Cc1ccc(NC(=O)O[C@H](c2cccc(OCCO)c2)[C@@H](CCOC(=O)CS)Oc2ccccc2)cc1. The van der Waals surface area contributed by atoms with Crippen LogP contribution >= 0.6 is 12.6 Å². The molecule has 196 valence electrons. The first kappa shape index (κ1) is 27.9. The number of anilines is 1. The van der Waals surface area contributed by atoms with E-state index in [0.717, 1.165) is 5.56 Å². The monoisotopic (exact) mass is 525 g/mol. The molecule has 0 saturated heterocycles. The number of nitrogens with one attached hydrogen (secondary N) is 1. The van der Waals surface area contributed by atoms with Crippen molar-refractivity contribution in [2.75, 3.05) is 30.9 Å². The van der Waals surface area contributed by atoms with Crippen LogP contribution in [0.1, 0.15) is 23.7 Å². The molecule has 37 heavy (non-hydrogen) atoms. The molecular weight excluding hydrogens is 494 g/mol. The van der Waals surface area contributed by atoms with Gasteiger partial charge in [0, 0.05) is 12.1 Å². The normalized spacial score (nSPS) is 12.2. The largest absolute Gasteiger partial charge is 0.491 e. The van der Waals surface area contributed by atoms with Crippen LogP contribution in [0.3, 0.4) is 0 Å². The van der Waals surface area contributed by atoms with Crippen molar-refractivity contribution in [1.82, 2.24) is 0 Å². The maximum atomic E-state index is 13.0. The molecule has 0 fully saturated rings. The molecule has 1 amide bonds. The van der Waals surface area contributed by atoms with Crippen molar-refractivity contribution in [3.8, 4) is 11.5 Å².